The Morgan fingerprint density at radius 3 is 2.50 bits per heavy atom. The van der Waals surface area contributed by atoms with Crippen molar-refractivity contribution in [1.29, 1.82) is 0 Å². The van der Waals surface area contributed by atoms with Crippen LogP contribution in [0.25, 0.3) is 0 Å². The van der Waals surface area contributed by atoms with E-state index in [2.05, 4.69) is 15.6 Å². The number of anilines is 2. The number of aromatic nitrogens is 1. The lowest BCUT2D eigenvalue weighted by molar-refractivity contribution is -0.137. The predicted molar refractivity (Wildman–Crippen MR) is 125 cm³/mol. The summed E-state index contributed by atoms with van der Waals surface area (Å²) in [5.41, 5.74) is -0.425. The SMILES string of the molecule is O=C(CCCc1ccc(Oc2ccnc(NC(=O)C3CC3)c2)cc1F)Nc1cccc(C(F)(F)F)c1. The summed E-state index contributed by atoms with van der Waals surface area (Å²) < 4.78 is 58.7. The summed E-state index contributed by atoms with van der Waals surface area (Å²) in [5, 5.41) is 5.15. The summed E-state index contributed by atoms with van der Waals surface area (Å²) in [6.45, 7) is 0. The van der Waals surface area contributed by atoms with Crippen molar-refractivity contribution in [1.82, 2.24) is 4.98 Å². The summed E-state index contributed by atoms with van der Waals surface area (Å²) in [7, 11) is 0. The normalized spacial score (nSPS) is 13.2. The van der Waals surface area contributed by atoms with Crippen LogP contribution >= 0.6 is 0 Å². The highest BCUT2D eigenvalue weighted by atomic mass is 19.4. The summed E-state index contributed by atoms with van der Waals surface area (Å²) in [6.07, 6.45) is -0.708. The van der Waals surface area contributed by atoms with E-state index in [1.807, 2.05) is 0 Å². The third-order valence-electron chi connectivity index (χ3n) is 5.51. The molecule has 1 aliphatic carbocycles. The van der Waals surface area contributed by atoms with Crippen LogP contribution in [-0.2, 0) is 22.2 Å². The molecule has 1 heterocycles. The number of alkyl halides is 3. The van der Waals surface area contributed by atoms with Crippen LogP contribution in [0, 0.1) is 11.7 Å². The zero-order valence-corrected chi connectivity index (χ0v) is 19.1. The number of nitrogens with one attached hydrogen (secondary N) is 2. The molecule has 0 bridgehead atoms. The van der Waals surface area contributed by atoms with E-state index in [1.54, 1.807) is 24.3 Å². The molecule has 0 aliphatic heterocycles. The first-order chi connectivity index (χ1) is 17.2. The number of pyridine rings is 1. The average molecular weight is 501 g/mol. The number of benzene rings is 2. The van der Waals surface area contributed by atoms with Crippen molar-refractivity contribution in [3.63, 3.8) is 0 Å². The maximum atomic E-state index is 14.6. The lowest BCUT2D eigenvalue weighted by atomic mass is 10.1. The van der Waals surface area contributed by atoms with E-state index in [0.717, 1.165) is 25.0 Å². The minimum absolute atomic E-state index is 0.0142. The van der Waals surface area contributed by atoms with Crippen molar-refractivity contribution in [2.45, 2.75) is 38.3 Å². The Morgan fingerprint density at radius 1 is 1.00 bits per heavy atom. The summed E-state index contributed by atoms with van der Waals surface area (Å²) in [4.78, 5) is 28.1. The maximum absolute atomic E-state index is 14.6. The lowest BCUT2D eigenvalue weighted by Gasteiger charge is -2.11. The van der Waals surface area contributed by atoms with Crippen LogP contribution in [0.3, 0.4) is 0 Å². The molecule has 0 unspecified atom stereocenters. The van der Waals surface area contributed by atoms with Gasteiger partial charge in [-0.2, -0.15) is 13.2 Å². The number of rotatable bonds is 9. The fourth-order valence-corrected chi connectivity index (χ4v) is 3.48. The van der Waals surface area contributed by atoms with Crippen LogP contribution in [0.5, 0.6) is 11.5 Å². The number of carbonyl (C=O) groups is 2. The average Bonchev–Trinajstić information content (AvgIpc) is 3.66. The largest absolute Gasteiger partial charge is 0.457 e. The van der Waals surface area contributed by atoms with Gasteiger partial charge in [0.2, 0.25) is 11.8 Å². The molecule has 0 atom stereocenters. The van der Waals surface area contributed by atoms with Crippen LogP contribution in [0.15, 0.2) is 60.8 Å². The van der Waals surface area contributed by atoms with Gasteiger partial charge in [0.25, 0.3) is 0 Å². The molecular weight excluding hydrogens is 478 g/mol. The first-order valence-corrected chi connectivity index (χ1v) is 11.4. The van der Waals surface area contributed by atoms with Crippen molar-refractivity contribution >= 4 is 23.3 Å². The monoisotopic (exact) mass is 501 g/mol. The second-order valence-corrected chi connectivity index (χ2v) is 8.48. The Bertz CT molecular complexity index is 1260. The van der Waals surface area contributed by atoms with Gasteiger partial charge in [-0.1, -0.05) is 12.1 Å². The molecule has 2 N–H and O–H groups in total. The van der Waals surface area contributed by atoms with E-state index in [9.17, 15) is 27.2 Å². The number of carbonyl (C=O) groups excluding carboxylic acids is 2. The summed E-state index contributed by atoms with van der Waals surface area (Å²) in [5.74, 6) is -0.0362. The molecular formula is C26H23F4N3O3. The van der Waals surface area contributed by atoms with Crippen LogP contribution in [-0.4, -0.2) is 16.8 Å². The highest BCUT2D eigenvalue weighted by molar-refractivity contribution is 5.93. The number of ether oxygens (including phenoxy) is 1. The molecule has 1 fully saturated rings. The highest BCUT2D eigenvalue weighted by Gasteiger charge is 2.31. The molecule has 2 amide bonds. The molecule has 0 saturated heterocycles. The second-order valence-electron chi connectivity index (χ2n) is 8.48. The molecule has 0 radical (unpaired) electrons. The number of aryl methyl sites for hydroxylation is 1. The molecule has 188 valence electrons. The van der Waals surface area contributed by atoms with Gasteiger partial charge >= 0.3 is 6.18 Å². The van der Waals surface area contributed by atoms with Gasteiger partial charge in [0, 0.05) is 36.4 Å². The molecule has 10 heteroatoms. The number of nitrogens with zero attached hydrogens (tertiary/aromatic N) is 1. The molecule has 1 aromatic heterocycles. The van der Waals surface area contributed by atoms with Crippen molar-refractivity contribution < 1.29 is 31.9 Å². The van der Waals surface area contributed by atoms with Crippen LogP contribution in [0.1, 0.15) is 36.8 Å². The fraction of sp³-hybridized carbons (Fsp3) is 0.269. The second kappa shape index (κ2) is 10.8. The number of hydrogen-bond donors (Lipinski definition) is 2. The van der Waals surface area contributed by atoms with Crippen molar-refractivity contribution in [3.8, 4) is 11.5 Å². The van der Waals surface area contributed by atoms with Gasteiger partial charge in [-0.25, -0.2) is 9.37 Å². The standard InChI is InChI=1S/C26H23F4N3O3/c27-22-14-20(36-21-11-12-31-23(15-21)33-25(35)17-7-8-17)10-9-16(22)3-1-6-24(34)32-19-5-2-4-18(13-19)26(28,29)30/h2,4-5,9-15,17H,1,3,6-8H2,(H,32,34)(H,31,33,35). The first kappa shape index (κ1) is 25.2. The Morgan fingerprint density at radius 2 is 1.78 bits per heavy atom. The number of hydrogen-bond acceptors (Lipinski definition) is 4. The summed E-state index contributed by atoms with van der Waals surface area (Å²) in [6, 6.07) is 11.9. The van der Waals surface area contributed by atoms with E-state index >= 15 is 0 Å². The zero-order chi connectivity index (χ0) is 25.7. The Balaban J connectivity index is 1.27. The summed E-state index contributed by atoms with van der Waals surface area (Å²) >= 11 is 0. The molecule has 3 aromatic rings. The molecule has 2 aromatic carbocycles. The number of amides is 2. The number of halogens is 4. The van der Waals surface area contributed by atoms with E-state index in [-0.39, 0.29) is 36.1 Å². The lowest BCUT2D eigenvalue weighted by Crippen LogP contribution is -2.14. The molecule has 0 spiro atoms. The van der Waals surface area contributed by atoms with Crippen molar-refractivity contribution in [2.24, 2.45) is 5.92 Å². The van der Waals surface area contributed by atoms with Gasteiger partial charge in [0.15, 0.2) is 0 Å². The smallest absolute Gasteiger partial charge is 0.416 e. The van der Waals surface area contributed by atoms with Crippen molar-refractivity contribution in [3.05, 3.63) is 77.7 Å². The fourth-order valence-electron chi connectivity index (χ4n) is 3.48. The molecule has 1 aliphatic rings. The van der Waals surface area contributed by atoms with E-state index in [1.165, 1.54) is 24.4 Å². The maximum Gasteiger partial charge on any atom is 0.416 e. The van der Waals surface area contributed by atoms with Gasteiger partial charge in [0.05, 0.1) is 5.56 Å². The third-order valence-corrected chi connectivity index (χ3v) is 5.51. The molecule has 4 rings (SSSR count). The van der Waals surface area contributed by atoms with Gasteiger partial charge in [-0.3, -0.25) is 9.59 Å². The van der Waals surface area contributed by atoms with E-state index in [0.29, 0.717) is 23.6 Å². The molecule has 6 nitrogen and oxygen atoms in total. The van der Waals surface area contributed by atoms with Gasteiger partial charge in [0.1, 0.15) is 23.1 Å². The van der Waals surface area contributed by atoms with E-state index < -0.39 is 23.5 Å². The Labute approximate surface area is 204 Å². The van der Waals surface area contributed by atoms with Crippen LogP contribution in [0.2, 0.25) is 0 Å². The van der Waals surface area contributed by atoms with Gasteiger partial charge < -0.3 is 15.4 Å². The topological polar surface area (TPSA) is 80.3 Å². The molecule has 36 heavy (non-hydrogen) atoms. The minimum atomic E-state index is -4.50. The minimum Gasteiger partial charge on any atom is -0.457 e. The van der Waals surface area contributed by atoms with Crippen LogP contribution < -0.4 is 15.4 Å². The Kier molecular flexibility index (Phi) is 7.52. The third kappa shape index (κ3) is 7.03. The first-order valence-electron chi connectivity index (χ1n) is 11.4. The van der Waals surface area contributed by atoms with E-state index in [4.69, 9.17) is 4.74 Å². The van der Waals surface area contributed by atoms with Crippen LogP contribution in [0.4, 0.5) is 29.1 Å². The van der Waals surface area contributed by atoms with Gasteiger partial charge in [-0.15, -0.1) is 0 Å². The zero-order valence-electron chi connectivity index (χ0n) is 19.1. The van der Waals surface area contributed by atoms with Gasteiger partial charge in [-0.05, 0) is 61.6 Å². The Hall–Kier alpha value is -3.95. The molecule has 1 saturated carbocycles. The van der Waals surface area contributed by atoms with Crippen molar-refractivity contribution in [2.75, 3.05) is 10.6 Å². The predicted octanol–water partition coefficient (Wildman–Crippen LogP) is 6.34. The quantitative estimate of drug-likeness (QED) is 0.335. The highest BCUT2D eigenvalue weighted by Crippen LogP contribution is 2.32.